The van der Waals surface area contributed by atoms with Crippen molar-refractivity contribution in [2.75, 3.05) is 29.5 Å². The second-order valence-corrected chi connectivity index (χ2v) is 12.5. The Morgan fingerprint density at radius 1 is 0.593 bits per heavy atom. The molecule has 1 fully saturated rings. The molecule has 1 saturated heterocycles. The highest BCUT2D eigenvalue weighted by Crippen LogP contribution is 2.36. The number of anilines is 3. The molecule has 0 bridgehead atoms. The van der Waals surface area contributed by atoms with Crippen molar-refractivity contribution < 1.29 is 13.2 Å². The summed E-state index contributed by atoms with van der Waals surface area (Å²) in [6.07, 6.45) is 7.46. The number of piperidine rings is 1. The number of hydrogen-bond donors (Lipinski definition) is 2. The zero-order chi connectivity index (χ0) is 37.2. The molecule has 2 aromatic carbocycles. The monoisotopic (exact) mass is 727 g/mol. The SMILES string of the molecule is Nc1ccn2c(-c3ccnc(N4CCCCC4)n3)c(-c3ccccc3)nc2n1.Nc1ccn2c(-c3ccncn3)c(-c3cccc(C(F)(F)F)c3)nc2n1. The topological polar surface area (TPSA) is 167 Å². The lowest BCUT2D eigenvalue weighted by Gasteiger charge is -2.26. The van der Waals surface area contributed by atoms with E-state index in [1.54, 1.807) is 41.1 Å². The number of halogens is 3. The van der Waals surface area contributed by atoms with Gasteiger partial charge in [-0.05, 0) is 55.7 Å². The Morgan fingerprint density at radius 3 is 1.87 bits per heavy atom. The number of imidazole rings is 2. The van der Waals surface area contributed by atoms with Gasteiger partial charge in [0.2, 0.25) is 17.5 Å². The highest BCUT2D eigenvalue weighted by atomic mass is 19.4. The molecule has 16 heteroatoms. The predicted octanol–water partition coefficient (Wildman–Crippen LogP) is 6.88. The molecule has 0 aliphatic carbocycles. The third-order valence-electron chi connectivity index (χ3n) is 8.89. The Bertz CT molecular complexity index is 2560. The van der Waals surface area contributed by atoms with Gasteiger partial charge in [0.25, 0.3) is 0 Å². The molecule has 0 radical (unpaired) electrons. The number of nitrogen functional groups attached to an aromatic ring is 2. The molecule has 7 heterocycles. The summed E-state index contributed by atoms with van der Waals surface area (Å²) in [7, 11) is 0. The van der Waals surface area contributed by atoms with E-state index >= 15 is 0 Å². The maximum Gasteiger partial charge on any atom is 0.416 e. The molecule has 6 aromatic heterocycles. The highest BCUT2D eigenvalue weighted by molar-refractivity contribution is 5.81. The van der Waals surface area contributed by atoms with Gasteiger partial charge in [0, 0.05) is 49.0 Å². The van der Waals surface area contributed by atoms with Crippen molar-refractivity contribution in [1.82, 2.24) is 48.7 Å². The molecular weight excluding hydrogens is 696 g/mol. The van der Waals surface area contributed by atoms with Crippen molar-refractivity contribution in [3.63, 3.8) is 0 Å². The van der Waals surface area contributed by atoms with Crippen LogP contribution in [0.3, 0.4) is 0 Å². The molecule has 0 spiro atoms. The quantitative estimate of drug-likeness (QED) is 0.190. The van der Waals surface area contributed by atoms with Crippen LogP contribution in [0.2, 0.25) is 0 Å². The Kier molecular flexibility index (Phi) is 8.99. The van der Waals surface area contributed by atoms with Crippen LogP contribution in [-0.4, -0.2) is 61.8 Å². The summed E-state index contributed by atoms with van der Waals surface area (Å²) in [4.78, 5) is 37.4. The van der Waals surface area contributed by atoms with Crippen LogP contribution >= 0.6 is 0 Å². The molecule has 4 N–H and O–H groups in total. The summed E-state index contributed by atoms with van der Waals surface area (Å²) in [6.45, 7) is 2.00. The molecule has 0 atom stereocenters. The average Bonchev–Trinajstić information content (AvgIpc) is 3.77. The third-order valence-corrected chi connectivity index (χ3v) is 8.89. The van der Waals surface area contributed by atoms with Crippen LogP contribution in [0.15, 0.2) is 110 Å². The van der Waals surface area contributed by atoms with Crippen molar-refractivity contribution in [3.05, 3.63) is 116 Å². The summed E-state index contributed by atoms with van der Waals surface area (Å²) in [5, 5.41) is 0. The second kappa shape index (κ2) is 14.2. The predicted molar refractivity (Wildman–Crippen MR) is 199 cm³/mol. The van der Waals surface area contributed by atoms with Crippen LogP contribution in [0.1, 0.15) is 24.8 Å². The maximum atomic E-state index is 13.1. The van der Waals surface area contributed by atoms with Crippen molar-refractivity contribution in [2.45, 2.75) is 25.4 Å². The Hall–Kier alpha value is -6.97. The van der Waals surface area contributed by atoms with Crippen molar-refractivity contribution in [1.29, 1.82) is 0 Å². The van der Waals surface area contributed by atoms with E-state index in [9.17, 15) is 13.2 Å². The van der Waals surface area contributed by atoms with E-state index in [-0.39, 0.29) is 11.6 Å². The van der Waals surface area contributed by atoms with Crippen LogP contribution in [0, 0.1) is 0 Å². The van der Waals surface area contributed by atoms with E-state index in [0.29, 0.717) is 34.2 Å². The minimum absolute atomic E-state index is 0.257. The standard InChI is InChI=1S/C21H21N7.C17H11F3N6/c22-17-10-14-28-19(18(26-21(28)25-17)15-7-3-1-4-8-15)16-9-11-23-20(24-16)27-12-5-2-6-13-27;18-17(19,20)11-3-1-2-10(8-11)14-15(12-4-6-22-9-23-12)26-7-5-13(21)24-16(26)25-14/h1,3-4,7-11,14H,2,5-6,12-13H2,(H2,22,25,26);1-9H,(H2,21,24,25). The van der Waals surface area contributed by atoms with Gasteiger partial charge >= 0.3 is 6.18 Å². The van der Waals surface area contributed by atoms with Crippen molar-refractivity contribution in [2.24, 2.45) is 0 Å². The van der Waals surface area contributed by atoms with E-state index in [0.717, 1.165) is 53.8 Å². The van der Waals surface area contributed by atoms with Crippen LogP contribution in [0.5, 0.6) is 0 Å². The zero-order valence-corrected chi connectivity index (χ0v) is 28.6. The first-order chi connectivity index (χ1) is 26.2. The number of nitrogens with zero attached hydrogens (tertiary/aromatic N) is 11. The van der Waals surface area contributed by atoms with E-state index in [1.807, 2.05) is 53.2 Å². The Balaban J connectivity index is 0.000000154. The fourth-order valence-corrected chi connectivity index (χ4v) is 6.38. The Labute approximate surface area is 306 Å². The summed E-state index contributed by atoms with van der Waals surface area (Å²) in [5.74, 6) is 2.31. The van der Waals surface area contributed by atoms with Crippen molar-refractivity contribution >= 4 is 29.1 Å². The molecule has 54 heavy (non-hydrogen) atoms. The lowest BCUT2D eigenvalue weighted by molar-refractivity contribution is -0.137. The maximum absolute atomic E-state index is 13.1. The van der Waals surface area contributed by atoms with E-state index in [4.69, 9.17) is 21.4 Å². The normalized spacial score (nSPS) is 13.2. The van der Waals surface area contributed by atoms with E-state index < -0.39 is 11.7 Å². The number of aromatic nitrogens is 10. The Morgan fingerprint density at radius 2 is 1.22 bits per heavy atom. The minimum Gasteiger partial charge on any atom is -0.384 e. The first kappa shape index (κ1) is 34.1. The number of hydrogen-bond acceptors (Lipinski definition) is 11. The average molecular weight is 728 g/mol. The first-order valence-electron chi connectivity index (χ1n) is 17.1. The first-order valence-corrected chi connectivity index (χ1v) is 17.1. The fraction of sp³-hybridized carbons (Fsp3) is 0.158. The smallest absolute Gasteiger partial charge is 0.384 e. The molecule has 13 nitrogen and oxygen atoms in total. The zero-order valence-electron chi connectivity index (χ0n) is 28.6. The molecular formula is C38H32F3N13. The van der Waals surface area contributed by atoms with Crippen LogP contribution in [-0.2, 0) is 6.18 Å². The second-order valence-electron chi connectivity index (χ2n) is 12.5. The summed E-state index contributed by atoms with van der Waals surface area (Å²) in [6, 6.07) is 22.0. The summed E-state index contributed by atoms with van der Waals surface area (Å²) < 4.78 is 42.8. The number of fused-ring (bicyclic) bond motifs is 2. The fourth-order valence-electron chi connectivity index (χ4n) is 6.38. The lowest BCUT2D eigenvalue weighted by atomic mass is 10.1. The van der Waals surface area contributed by atoms with Gasteiger partial charge in [-0.25, -0.2) is 29.9 Å². The molecule has 8 aromatic rings. The number of alkyl halides is 3. The van der Waals surface area contributed by atoms with Gasteiger partial charge in [0.1, 0.15) is 40.7 Å². The summed E-state index contributed by atoms with van der Waals surface area (Å²) in [5.41, 5.74) is 16.1. The van der Waals surface area contributed by atoms with Gasteiger partial charge in [0.05, 0.1) is 17.0 Å². The van der Waals surface area contributed by atoms with Crippen LogP contribution in [0.25, 0.3) is 56.8 Å². The molecule has 0 amide bonds. The molecule has 1 aliphatic rings. The van der Waals surface area contributed by atoms with Gasteiger partial charge in [-0.15, -0.1) is 0 Å². The molecule has 0 unspecified atom stereocenters. The molecule has 1 aliphatic heterocycles. The number of nitrogens with two attached hydrogens (primary N) is 2. The van der Waals surface area contributed by atoms with Gasteiger partial charge in [-0.3, -0.25) is 8.80 Å². The number of rotatable bonds is 5. The minimum atomic E-state index is -4.45. The third kappa shape index (κ3) is 6.83. The van der Waals surface area contributed by atoms with Crippen LogP contribution in [0.4, 0.5) is 30.8 Å². The number of benzene rings is 2. The van der Waals surface area contributed by atoms with Crippen LogP contribution < -0.4 is 16.4 Å². The van der Waals surface area contributed by atoms with Gasteiger partial charge in [-0.2, -0.15) is 23.1 Å². The highest BCUT2D eigenvalue weighted by Gasteiger charge is 2.31. The largest absolute Gasteiger partial charge is 0.416 e. The molecule has 9 rings (SSSR count). The summed E-state index contributed by atoms with van der Waals surface area (Å²) >= 11 is 0. The van der Waals surface area contributed by atoms with E-state index in [2.05, 4.69) is 34.8 Å². The molecule has 0 saturated carbocycles. The van der Waals surface area contributed by atoms with Crippen molar-refractivity contribution in [3.8, 4) is 45.3 Å². The molecule has 270 valence electrons. The van der Waals surface area contributed by atoms with Gasteiger partial charge in [0.15, 0.2) is 0 Å². The van der Waals surface area contributed by atoms with Gasteiger partial charge < -0.3 is 16.4 Å². The van der Waals surface area contributed by atoms with E-state index in [1.165, 1.54) is 31.7 Å². The van der Waals surface area contributed by atoms with Gasteiger partial charge in [-0.1, -0.05) is 42.5 Å². The lowest BCUT2D eigenvalue weighted by Crippen LogP contribution is -2.31.